The second-order valence-electron chi connectivity index (χ2n) is 6.93. The topological polar surface area (TPSA) is 79.8 Å². The maximum Gasteiger partial charge on any atom is 0.191 e. The highest BCUT2D eigenvalue weighted by molar-refractivity contribution is 7.92. The first-order chi connectivity index (χ1) is 12.2. The number of nitrogens with zero attached hydrogens (tertiary/aromatic N) is 1. The summed E-state index contributed by atoms with van der Waals surface area (Å²) < 4.78 is 28.5. The first-order valence-corrected chi connectivity index (χ1v) is 10.9. The average Bonchev–Trinajstić information content (AvgIpc) is 2.59. The fraction of sp³-hybridized carbons (Fsp3) is 0.632. The molecule has 0 bridgehead atoms. The van der Waals surface area contributed by atoms with E-state index in [1.807, 2.05) is 32.0 Å². The number of ether oxygens (including phenoxy) is 1. The first-order valence-electron chi connectivity index (χ1n) is 9.05. The van der Waals surface area contributed by atoms with E-state index < -0.39 is 14.6 Å². The van der Waals surface area contributed by atoms with Crippen molar-refractivity contribution in [2.24, 2.45) is 4.99 Å². The van der Waals surface area contributed by atoms with Gasteiger partial charge in [0.1, 0.15) is 0 Å². The van der Waals surface area contributed by atoms with Gasteiger partial charge in [-0.05, 0) is 39.7 Å². The third-order valence-corrected chi connectivity index (χ3v) is 6.35. The van der Waals surface area contributed by atoms with E-state index in [1.54, 1.807) is 13.8 Å². The summed E-state index contributed by atoms with van der Waals surface area (Å²) in [4.78, 5) is 4.41. The molecule has 1 aromatic rings. The van der Waals surface area contributed by atoms with E-state index in [1.165, 1.54) is 11.8 Å². The molecule has 1 aromatic carbocycles. The second kappa shape index (κ2) is 10.5. The molecule has 1 atom stereocenters. The van der Waals surface area contributed by atoms with Gasteiger partial charge in [-0.1, -0.05) is 30.3 Å². The summed E-state index contributed by atoms with van der Waals surface area (Å²) in [5.74, 6) is 0.625. The van der Waals surface area contributed by atoms with Crippen molar-refractivity contribution in [2.45, 2.75) is 45.0 Å². The fourth-order valence-corrected chi connectivity index (χ4v) is 2.39. The van der Waals surface area contributed by atoms with Crippen molar-refractivity contribution in [2.75, 3.05) is 32.5 Å². The number of sulfone groups is 1. The Bertz CT molecular complexity index is 658. The van der Waals surface area contributed by atoms with Crippen molar-refractivity contribution >= 4 is 15.8 Å². The van der Waals surface area contributed by atoms with Crippen molar-refractivity contribution in [1.82, 2.24) is 10.6 Å². The normalized spacial score (nSPS) is 14.1. The van der Waals surface area contributed by atoms with Crippen LogP contribution in [0.2, 0.25) is 0 Å². The number of aliphatic imine (C=N–C) groups is 1. The minimum absolute atomic E-state index is 0.0636. The molecule has 0 aromatic heterocycles. The molecule has 0 aliphatic heterocycles. The van der Waals surface area contributed by atoms with Crippen LogP contribution in [0.4, 0.5) is 0 Å². The van der Waals surface area contributed by atoms with Crippen LogP contribution in [0.15, 0.2) is 35.3 Å². The lowest BCUT2D eigenvalue weighted by Gasteiger charge is -2.21. The summed E-state index contributed by atoms with van der Waals surface area (Å²) >= 11 is 0. The third-order valence-electron chi connectivity index (χ3n) is 4.22. The summed E-state index contributed by atoms with van der Waals surface area (Å²) in [6, 6.07) is 10.1. The second-order valence-corrected chi connectivity index (χ2v) is 9.58. The number of rotatable bonds is 10. The average molecular weight is 384 g/mol. The molecule has 0 aliphatic carbocycles. The van der Waals surface area contributed by atoms with Gasteiger partial charge in [-0.25, -0.2) is 8.42 Å². The Labute approximate surface area is 158 Å². The van der Waals surface area contributed by atoms with Crippen LogP contribution in [-0.4, -0.2) is 51.6 Å². The molecule has 7 heteroatoms. The van der Waals surface area contributed by atoms with Crippen LogP contribution in [0.5, 0.6) is 0 Å². The van der Waals surface area contributed by atoms with Crippen molar-refractivity contribution in [3.8, 4) is 0 Å². The van der Waals surface area contributed by atoms with Gasteiger partial charge in [0.15, 0.2) is 15.8 Å². The molecule has 0 aliphatic rings. The lowest BCUT2D eigenvalue weighted by molar-refractivity contribution is 0.0646. The highest BCUT2D eigenvalue weighted by Crippen LogP contribution is 2.16. The molecule has 2 N–H and O–H groups in total. The van der Waals surface area contributed by atoms with E-state index in [0.29, 0.717) is 25.7 Å². The standard InChI is InChI=1S/C19H33N3O3S/c1-6-20-18(22-15-19(3,4)26(5,23)24)21-13-10-14-25-16(2)17-11-8-7-9-12-17/h7-9,11-12,16H,6,10,13-15H2,1-5H3,(H2,20,21,22). The van der Waals surface area contributed by atoms with Crippen molar-refractivity contribution in [1.29, 1.82) is 0 Å². The Morgan fingerprint density at radius 2 is 1.88 bits per heavy atom. The summed E-state index contributed by atoms with van der Waals surface area (Å²) in [6.07, 6.45) is 2.14. The summed E-state index contributed by atoms with van der Waals surface area (Å²) in [5, 5.41) is 6.36. The number of hydrogen-bond acceptors (Lipinski definition) is 4. The van der Waals surface area contributed by atoms with Crippen LogP contribution in [0, 0.1) is 0 Å². The van der Waals surface area contributed by atoms with Gasteiger partial charge in [-0.2, -0.15) is 0 Å². The minimum atomic E-state index is -3.16. The van der Waals surface area contributed by atoms with E-state index in [0.717, 1.165) is 6.42 Å². The van der Waals surface area contributed by atoms with E-state index in [-0.39, 0.29) is 12.6 Å². The number of nitrogens with one attached hydrogen (secondary N) is 2. The van der Waals surface area contributed by atoms with E-state index in [4.69, 9.17) is 4.74 Å². The highest BCUT2D eigenvalue weighted by Gasteiger charge is 2.29. The molecule has 0 radical (unpaired) electrons. The fourth-order valence-electron chi connectivity index (χ4n) is 2.09. The quantitative estimate of drug-likeness (QED) is 0.369. The van der Waals surface area contributed by atoms with Gasteiger partial charge in [-0.3, -0.25) is 4.99 Å². The van der Waals surface area contributed by atoms with Gasteiger partial charge in [0.05, 0.1) is 17.4 Å². The van der Waals surface area contributed by atoms with Gasteiger partial charge in [0, 0.05) is 26.0 Å². The van der Waals surface area contributed by atoms with Crippen LogP contribution >= 0.6 is 0 Å². The molecule has 0 amide bonds. The molecule has 0 fully saturated rings. The van der Waals surface area contributed by atoms with E-state index >= 15 is 0 Å². The van der Waals surface area contributed by atoms with Crippen LogP contribution in [0.3, 0.4) is 0 Å². The predicted molar refractivity (Wildman–Crippen MR) is 108 cm³/mol. The van der Waals surface area contributed by atoms with Crippen LogP contribution in [0.25, 0.3) is 0 Å². The zero-order valence-electron chi connectivity index (χ0n) is 16.6. The van der Waals surface area contributed by atoms with E-state index in [9.17, 15) is 8.42 Å². The largest absolute Gasteiger partial charge is 0.374 e. The molecule has 1 unspecified atom stereocenters. The van der Waals surface area contributed by atoms with Crippen molar-refractivity contribution in [3.05, 3.63) is 35.9 Å². The van der Waals surface area contributed by atoms with Crippen LogP contribution in [0.1, 0.15) is 45.8 Å². The third kappa shape index (κ3) is 7.74. The maximum atomic E-state index is 11.8. The lowest BCUT2D eigenvalue weighted by Crippen LogP contribution is -2.41. The van der Waals surface area contributed by atoms with Crippen molar-refractivity contribution < 1.29 is 13.2 Å². The number of benzene rings is 1. The molecule has 0 saturated carbocycles. The molecule has 0 saturated heterocycles. The summed E-state index contributed by atoms with van der Waals surface area (Å²) in [5.41, 5.74) is 1.17. The molecule has 26 heavy (non-hydrogen) atoms. The molecule has 0 heterocycles. The summed E-state index contributed by atoms with van der Waals surface area (Å²) in [6.45, 7) is 9.66. The Morgan fingerprint density at radius 1 is 1.23 bits per heavy atom. The van der Waals surface area contributed by atoms with Gasteiger partial charge in [0.2, 0.25) is 0 Å². The Morgan fingerprint density at radius 3 is 2.46 bits per heavy atom. The molecule has 1 rings (SSSR count). The van der Waals surface area contributed by atoms with Crippen molar-refractivity contribution in [3.63, 3.8) is 0 Å². The number of guanidine groups is 1. The Balaban J connectivity index is 2.41. The Kier molecular flexibility index (Phi) is 9.08. The highest BCUT2D eigenvalue weighted by atomic mass is 32.2. The summed E-state index contributed by atoms with van der Waals surface area (Å²) in [7, 11) is -3.16. The molecule has 6 nitrogen and oxygen atoms in total. The van der Waals surface area contributed by atoms with Crippen LogP contribution in [-0.2, 0) is 14.6 Å². The predicted octanol–water partition coefficient (Wildman–Crippen LogP) is 2.53. The molecule has 0 spiro atoms. The van der Waals surface area contributed by atoms with Gasteiger partial charge >= 0.3 is 0 Å². The first kappa shape index (κ1) is 22.4. The monoisotopic (exact) mass is 383 g/mol. The molecular formula is C19H33N3O3S. The Hall–Kier alpha value is -1.60. The zero-order chi connectivity index (χ0) is 19.6. The number of hydrogen-bond donors (Lipinski definition) is 2. The SMILES string of the molecule is CCNC(=NCC(C)(C)S(C)(=O)=O)NCCCOC(C)c1ccccc1. The molecule has 148 valence electrons. The van der Waals surface area contributed by atoms with Gasteiger partial charge < -0.3 is 15.4 Å². The van der Waals surface area contributed by atoms with E-state index in [2.05, 4.69) is 27.8 Å². The zero-order valence-corrected chi connectivity index (χ0v) is 17.4. The maximum absolute atomic E-state index is 11.8. The van der Waals surface area contributed by atoms with Crippen LogP contribution < -0.4 is 10.6 Å². The molecular weight excluding hydrogens is 350 g/mol. The minimum Gasteiger partial charge on any atom is -0.374 e. The lowest BCUT2D eigenvalue weighted by atomic mass is 10.1. The van der Waals surface area contributed by atoms with Gasteiger partial charge in [-0.15, -0.1) is 0 Å². The smallest absolute Gasteiger partial charge is 0.191 e. The van der Waals surface area contributed by atoms with Gasteiger partial charge in [0.25, 0.3) is 0 Å².